The van der Waals surface area contributed by atoms with Crippen molar-refractivity contribution in [2.24, 2.45) is 0 Å². The van der Waals surface area contributed by atoms with Crippen LogP contribution in [0.3, 0.4) is 0 Å². The molecular weight excluding hydrogens is 345 g/mol. The normalized spacial score (nSPS) is 12.1. The number of anilines is 1. The number of alkyl halides is 2. The average Bonchev–Trinajstić information content (AvgIpc) is 2.47. The molecule has 2 N–H and O–H groups in total. The maximum atomic E-state index is 12.6. The lowest BCUT2D eigenvalue weighted by molar-refractivity contribution is 0.151. The zero-order valence-corrected chi connectivity index (χ0v) is 13.6. The fraction of sp³-hybridized carbons (Fsp3) is 0.188. The molecule has 122 valence electrons. The van der Waals surface area contributed by atoms with Crippen molar-refractivity contribution in [3.8, 4) is 0 Å². The maximum Gasteiger partial charge on any atom is 0.319 e. The van der Waals surface area contributed by atoms with Crippen LogP contribution in [0.1, 0.15) is 30.5 Å². The number of benzene rings is 2. The average molecular weight is 359 g/mol. The fourth-order valence-electron chi connectivity index (χ4n) is 2.05. The van der Waals surface area contributed by atoms with Crippen molar-refractivity contribution in [2.75, 3.05) is 5.32 Å². The largest absolute Gasteiger partial charge is 0.331 e. The van der Waals surface area contributed by atoms with Crippen LogP contribution in [0.15, 0.2) is 42.5 Å². The highest BCUT2D eigenvalue weighted by Gasteiger charge is 2.14. The van der Waals surface area contributed by atoms with Crippen molar-refractivity contribution in [2.45, 2.75) is 19.4 Å². The van der Waals surface area contributed by atoms with Crippen LogP contribution in [-0.4, -0.2) is 6.03 Å². The molecule has 2 rings (SSSR count). The van der Waals surface area contributed by atoms with E-state index in [4.69, 9.17) is 23.2 Å². The monoisotopic (exact) mass is 358 g/mol. The van der Waals surface area contributed by atoms with Crippen LogP contribution in [0.2, 0.25) is 10.0 Å². The highest BCUT2D eigenvalue weighted by Crippen LogP contribution is 2.26. The zero-order valence-electron chi connectivity index (χ0n) is 12.1. The number of amides is 2. The van der Waals surface area contributed by atoms with Crippen LogP contribution in [0.25, 0.3) is 0 Å². The summed E-state index contributed by atoms with van der Waals surface area (Å²) in [6.07, 6.45) is -2.59. The lowest BCUT2D eigenvalue weighted by atomic mass is 10.1. The van der Waals surface area contributed by atoms with Gasteiger partial charge in [-0.25, -0.2) is 13.6 Å². The Labute approximate surface area is 142 Å². The summed E-state index contributed by atoms with van der Waals surface area (Å²) in [5.74, 6) is 0. The number of rotatable bonds is 4. The molecule has 0 bridgehead atoms. The third-order valence-electron chi connectivity index (χ3n) is 3.17. The Balaban J connectivity index is 2.03. The molecule has 0 radical (unpaired) electrons. The Morgan fingerprint density at radius 2 is 1.87 bits per heavy atom. The summed E-state index contributed by atoms with van der Waals surface area (Å²) >= 11 is 11.9. The maximum absolute atomic E-state index is 12.6. The molecule has 2 amide bonds. The molecule has 0 aromatic heterocycles. The number of carbonyl (C=O) groups is 1. The molecule has 0 fully saturated rings. The fourth-order valence-corrected chi connectivity index (χ4v) is 2.62. The van der Waals surface area contributed by atoms with Crippen LogP contribution < -0.4 is 10.6 Å². The molecule has 2 aromatic rings. The lowest BCUT2D eigenvalue weighted by Crippen LogP contribution is -2.31. The molecule has 1 atom stereocenters. The number of carbonyl (C=O) groups excluding carboxylic acids is 1. The second kappa shape index (κ2) is 7.62. The number of halogens is 4. The van der Waals surface area contributed by atoms with Gasteiger partial charge in [0.05, 0.1) is 6.04 Å². The third-order valence-corrected chi connectivity index (χ3v) is 3.74. The molecular formula is C16H14Cl2F2N2O. The second-order valence-electron chi connectivity index (χ2n) is 4.91. The molecule has 3 nitrogen and oxygen atoms in total. The molecule has 1 unspecified atom stereocenters. The van der Waals surface area contributed by atoms with Crippen molar-refractivity contribution in [1.29, 1.82) is 0 Å². The molecule has 0 saturated heterocycles. The Kier molecular flexibility index (Phi) is 5.80. The van der Waals surface area contributed by atoms with E-state index in [1.165, 1.54) is 24.3 Å². The highest BCUT2D eigenvalue weighted by molar-refractivity contribution is 6.35. The molecule has 0 saturated carbocycles. The summed E-state index contributed by atoms with van der Waals surface area (Å²) in [5.41, 5.74) is 0.832. The number of hydrogen-bond donors (Lipinski definition) is 2. The number of hydrogen-bond acceptors (Lipinski definition) is 1. The molecule has 2 aromatic carbocycles. The van der Waals surface area contributed by atoms with Crippen molar-refractivity contribution < 1.29 is 13.6 Å². The van der Waals surface area contributed by atoms with Gasteiger partial charge in [-0.15, -0.1) is 0 Å². The van der Waals surface area contributed by atoms with E-state index in [-0.39, 0.29) is 17.3 Å². The third kappa shape index (κ3) is 4.81. The summed E-state index contributed by atoms with van der Waals surface area (Å²) in [6.45, 7) is 1.75. The van der Waals surface area contributed by atoms with E-state index in [0.29, 0.717) is 15.6 Å². The van der Waals surface area contributed by atoms with Crippen molar-refractivity contribution in [3.05, 3.63) is 63.6 Å². The summed E-state index contributed by atoms with van der Waals surface area (Å²) in [5, 5.41) is 6.14. The Morgan fingerprint density at radius 1 is 1.13 bits per heavy atom. The SMILES string of the molecule is CC(NC(=O)Nc1cccc(C(F)F)c1)c1ccc(Cl)cc1Cl. The van der Waals surface area contributed by atoms with Crippen LogP contribution in [-0.2, 0) is 0 Å². The van der Waals surface area contributed by atoms with E-state index in [2.05, 4.69) is 10.6 Å². The number of nitrogens with one attached hydrogen (secondary N) is 2. The molecule has 0 aliphatic rings. The van der Waals surface area contributed by atoms with Crippen LogP contribution in [0.5, 0.6) is 0 Å². The van der Waals surface area contributed by atoms with Gasteiger partial charge < -0.3 is 10.6 Å². The van der Waals surface area contributed by atoms with Gasteiger partial charge in [0.2, 0.25) is 0 Å². The molecule has 0 aliphatic carbocycles. The van der Waals surface area contributed by atoms with E-state index in [1.54, 1.807) is 25.1 Å². The van der Waals surface area contributed by atoms with Gasteiger partial charge in [-0.3, -0.25) is 0 Å². The van der Waals surface area contributed by atoms with Crippen LogP contribution >= 0.6 is 23.2 Å². The zero-order chi connectivity index (χ0) is 17.0. The topological polar surface area (TPSA) is 41.1 Å². The summed E-state index contributed by atoms with van der Waals surface area (Å²) in [4.78, 5) is 12.0. The van der Waals surface area contributed by atoms with Crippen molar-refractivity contribution >= 4 is 34.9 Å². The van der Waals surface area contributed by atoms with Gasteiger partial charge in [0.25, 0.3) is 6.43 Å². The van der Waals surface area contributed by atoms with Gasteiger partial charge in [0.15, 0.2) is 0 Å². The predicted molar refractivity (Wildman–Crippen MR) is 88.4 cm³/mol. The van der Waals surface area contributed by atoms with Crippen molar-refractivity contribution in [1.82, 2.24) is 5.32 Å². The molecule has 0 aliphatic heterocycles. The number of urea groups is 1. The van der Waals surface area contributed by atoms with Crippen LogP contribution in [0.4, 0.5) is 19.3 Å². The van der Waals surface area contributed by atoms with Crippen LogP contribution in [0, 0.1) is 0 Å². The lowest BCUT2D eigenvalue weighted by Gasteiger charge is -2.16. The van der Waals surface area contributed by atoms with Crippen molar-refractivity contribution in [3.63, 3.8) is 0 Å². The van der Waals surface area contributed by atoms with Gasteiger partial charge in [-0.1, -0.05) is 41.4 Å². The first-order chi connectivity index (χ1) is 10.9. The summed E-state index contributed by atoms with van der Waals surface area (Å²) < 4.78 is 25.3. The minimum Gasteiger partial charge on any atom is -0.331 e. The molecule has 0 heterocycles. The highest BCUT2D eigenvalue weighted by atomic mass is 35.5. The van der Waals surface area contributed by atoms with E-state index in [0.717, 1.165) is 0 Å². The van der Waals surface area contributed by atoms with E-state index in [9.17, 15) is 13.6 Å². The molecule has 7 heteroatoms. The van der Waals surface area contributed by atoms with E-state index >= 15 is 0 Å². The summed E-state index contributed by atoms with van der Waals surface area (Å²) in [6, 6.07) is 9.59. The minimum absolute atomic E-state index is 0.156. The molecule has 0 spiro atoms. The van der Waals surface area contributed by atoms with Gasteiger partial charge in [0, 0.05) is 21.3 Å². The van der Waals surface area contributed by atoms with E-state index < -0.39 is 12.5 Å². The quantitative estimate of drug-likeness (QED) is 0.710. The first-order valence-electron chi connectivity index (χ1n) is 6.77. The van der Waals surface area contributed by atoms with Gasteiger partial charge >= 0.3 is 6.03 Å². The smallest absolute Gasteiger partial charge is 0.319 e. The van der Waals surface area contributed by atoms with Gasteiger partial charge in [0.1, 0.15) is 0 Å². The predicted octanol–water partition coefficient (Wildman–Crippen LogP) is 5.81. The first-order valence-corrected chi connectivity index (χ1v) is 7.53. The van der Waals surface area contributed by atoms with Gasteiger partial charge in [-0.05, 0) is 36.8 Å². The van der Waals surface area contributed by atoms with Gasteiger partial charge in [-0.2, -0.15) is 0 Å². The second-order valence-corrected chi connectivity index (χ2v) is 5.76. The summed E-state index contributed by atoms with van der Waals surface area (Å²) in [7, 11) is 0. The molecule has 23 heavy (non-hydrogen) atoms. The minimum atomic E-state index is -2.59. The van der Waals surface area contributed by atoms with E-state index in [1.807, 2.05) is 0 Å². The standard InChI is InChI=1S/C16H14Cl2F2N2O/c1-9(13-6-5-11(17)8-14(13)18)21-16(23)22-12-4-2-3-10(7-12)15(19)20/h2-9,15H,1H3,(H2,21,22,23). The Hall–Kier alpha value is -1.85. The first kappa shape index (κ1) is 17.5. The Morgan fingerprint density at radius 3 is 2.52 bits per heavy atom. The Bertz CT molecular complexity index is 710.